The number of fused-ring (bicyclic) bond motifs is 1. The second-order valence-electron chi connectivity index (χ2n) is 6.37. The van der Waals surface area contributed by atoms with E-state index in [1.165, 1.54) is 0 Å². The molecular formula is C14H21N3O3S2. The maximum atomic E-state index is 12.0. The highest BCUT2D eigenvalue weighted by Crippen LogP contribution is 2.44. The van der Waals surface area contributed by atoms with Crippen LogP contribution >= 0.6 is 11.8 Å². The molecule has 3 rings (SSSR count). The van der Waals surface area contributed by atoms with Gasteiger partial charge in [0.2, 0.25) is 5.91 Å². The van der Waals surface area contributed by atoms with Crippen LogP contribution in [0.15, 0.2) is 0 Å². The summed E-state index contributed by atoms with van der Waals surface area (Å²) < 4.78 is 25.3. The summed E-state index contributed by atoms with van der Waals surface area (Å²) >= 11 is 1.63. The van der Waals surface area contributed by atoms with Crippen molar-refractivity contribution >= 4 is 33.3 Å². The Morgan fingerprint density at radius 1 is 1.41 bits per heavy atom. The standard InChI is InChI=1S/C14H21N3O3S2/c1-8(2)13-12-9(3)16-17(10-4-5-22(19,20)7-10)14(12)15-11(18)6-21-13/h8,10,13H,4-7H2,1-3H3,(H,15,18)/t10-,13+/m0/s1. The van der Waals surface area contributed by atoms with Crippen LogP contribution in [-0.4, -0.2) is 41.4 Å². The van der Waals surface area contributed by atoms with E-state index < -0.39 is 9.84 Å². The molecule has 0 aliphatic carbocycles. The lowest BCUT2D eigenvalue weighted by atomic mass is 10.0. The van der Waals surface area contributed by atoms with Crippen LogP contribution in [0, 0.1) is 12.8 Å². The molecule has 1 aromatic heterocycles. The Morgan fingerprint density at radius 2 is 2.14 bits per heavy atom. The second-order valence-corrected chi connectivity index (χ2v) is 9.73. The van der Waals surface area contributed by atoms with Crippen molar-refractivity contribution in [2.45, 2.75) is 38.5 Å². The van der Waals surface area contributed by atoms with Gasteiger partial charge in [-0.3, -0.25) is 4.79 Å². The number of hydrogen-bond donors (Lipinski definition) is 1. The molecule has 8 heteroatoms. The summed E-state index contributed by atoms with van der Waals surface area (Å²) in [5, 5.41) is 7.71. The molecule has 0 bridgehead atoms. The van der Waals surface area contributed by atoms with Crippen molar-refractivity contribution in [2.24, 2.45) is 5.92 Å². The SMILES string of the molecule is Cc1nn([C@H]2CCS(=O)(=O)C2)c2c1[C@@H](C(C)C)SCC(=O)N2. The number of hydrogen-bond acceptors (Lipinski definition) is 5. The van der Waals surface area contributed by atoms with Crippen molar-refractivity contribution in [3.63, 3.8) is 0 Å². The van der Waals surface area contributed by atoms with Crippen LogP contribution in [0.3, 0.4) is 0 Å². The van der Waals surface area contributed by atoms with Crippen LogP contribution in [0.5, 0.6) is 0 Å². The van der Waals surface area contributed by atoms with Gasteiger partial charge in [0, 0.05) is 10.8 Å². The lowest BCUT2D eigenvalue weighted by Crippen LogP contribution is -2.20. The summed E-state index contributed by atoms with van der Waals surface area (Å²) in [6, 6.07) is -0.177. The predicted octanol–water partition coefficient (Wildman–Crippen LogP) is 1.93. The molecule has 0 saturated carbocycles. The van der Waals surface area contributed by atoms with E-state index in [1.54, 1.807) is 16.4 Å². The first-order chi connectivity index (χ1) is 10.3. The first-order valence-electron chi connectivity index (χ1n) is 7.49. The van der Waals surface area contributed by atoms with Crippen LogP contribution < -0.4 is 5.32 Å². The van der Waals surface area contributed by atoms with Gasteiger partial charge in [-0.05, 0) is 19.3 Å². The van der Waals surface area contributed by atoms with E-state index in [0.29, 0.717) is 23.9 Å². The average molecular weight is 343 g/mol. The van der Waals surface area contributed by atoms with Crippen LogP contribution in [0.25, 0.3) is 0 Å². The van der Waals surface area contributed by atoms with Gasteiger partial charge in [0.15, 0.2) is 9.84 Å². The third kappa shape index (κ3) is 2.78. The minimum Gasteiger partial charge on any atom is -0.310 e. The van der Waals surface area contributed by atoms with Crippen LogP contribution in [-0.2, 0) is 14.6 Å². The number of sulfone groups is 1. The number of nitrogens with one attached hydrogen (secondary N) is 1. The number of rotatable bonds is 2. The monoisotopic (exact) mass is 343 g/mol. The molecule has 1 amide bonds. The zero-order chi connectivity index (χ0) is 16.1. The van der Waals surface area contributed by atoms with Crippen LogP contribution in [0.2, 0.25) is 0 Å². The fourth-order valence-electron chi connectivity index (χ4n) is 3.20. The van der Waals surface area contributed by atoms with Gasteiger partial charge in [0.05, 0.1) is 29.0 Å². The molecule has 0 unspecified atom stereocenters. The molecule has 1 aromatic rings. The van der Waals surface area contributed by atoms with E-state index in [1.807, 2.05) is 6.92 Å². The highest BCUT2D eigenvalue weighted by Gasteiger charge is 2.36. The van der Waals surface area contributed by atoms with E-state index >= 15 is 0 Å². The largest absolute Gasteiger partial charge is 0.310 e. The molecule has 3 heterocycles. The Labute approximate surface area is 135 Å². The number of aryl methyl sites for hydroxylation is 1. The van der Waals surface area contributed by atoms with Gasteiger partial charge >= 0.3 is 0 Å². The number of anilines is 1. The lowest BCUT2D eigenvalue weighted by molar-refractivity contribution is -0.113. The quantitative estimate of drug-likeness (QED) is 0.887. The molecule has 2 atom stereocenters. The number of thioether (sulfide) groups is 1. The summed E-state index contributed by atoms with van der Waals surface area (Å²) in [6.45, 7) is 6.20. The zero-order valence-corrected chi connectivity index (χ0v) is 14.6. The highest BCUT2D eigenvalue weighted by atomic mass is 32.2. The third-order valence-electron chi connectivity index (χ3n) is 4.23. The second kappa shape index (κ2) is 5.56. The van der Waals surface area contributed by atoms with Gasteiger partial charge in [0.25, 0.3) is 0 Å². The first kappa shape index (κ1) is 15.9. The van der Waals surface area contributed by atoms with Crippen LogP contribution in [0.4, 0.5) is 5.82 Å². The minimum absolute atomic E-state index is 0.0450. The molecule has 2 aliphatic rings. The first-order valence-corrected chi connectivity index (χ1v) is 10.4. The van der Waals surface area contributed by atoms with Gasteiger partial charge in [-0.2, -0.15) is 5.10 Å². The van der Waals surface area contributed by atoms with Gasteiger partial charge in [-0.15, -0.1) is 11.8 Å². The van der Waals surface area contributed by atoms with Crippen molar-refractivity contribution in [1.29, 1.82) is 0 Å². The third-order valence-corrected chi connectivity index (χ3v) is 7.55. The van der Waals surface area contributed by atoms with Gasteiger partial charge in [-0.1, -0.05) is 13.8 Å². The van der Waals surface area contributed by atoms with Gasteiger partial charge < -0.3 is 5.32 Å². The average Bonchev–Trinajstić information content (AvgIpc) is 2.85. The predicted molar refractivity (Wildman–Crippen MR) is 87.9 cm³/mol. The summed E-state index contributed by atoms with van der Waals surface area (Å²) in [4.78, 5) is 12.0. The minimum atomic E-state index is -2.99. The molecule has 1 N–H and O–H groups in total. The molecule has 1 fully saturated rings. The molecule has 2 aliphatic heterocycles. The Kier molecular flexibility index (Phi) is 4.01. The Hall–Kier alpha value is -1.02. The Morgan fingerprint density at radius 3 is 2.73 bits per heavy atom. The topological polar surface area (TPSA) is 81.1 Å². The molecule has 22 heavy (non-hydrogen) atoms. The number of amides is 1. The fourth-order valence-corrected chi connectivity index (χ4v) is 6.13. The molecule has 1 saturated heterocycles. The van der Waals surface area contributed by atoms with Crippen LogP contribution in [0.1, 0.15) is 42.8 Å². The number of carbonyl (C=O) groups excluding carboxylic acids is 1. The van der Waals surface area contributed by atoms with E-state index in [9.17, 15) is 13.2 Å². The Balaban J connectivity index is 2.07. The van der Waals surface area contributed by atoms with Crippen molar-refractivity contribution in [3.05, 3.63) is 11.3 Å². The summed E-state index contributed by atoms with van der Waals surface area (Å²) in [6.07, 6.45) is 0.561. The van der Waals surface area contributed by atoms with E-state index in [2.05, 4.69) is 24.3 Å². The number of carbonyl (C=O) groups is 1. The zero-order valence-electron chi connectivity index (χ0n) is 13.0. The molecule has 0 aromatic carbocycles. The maximum Gasteiger partial charge on any atom is 0.235 e. The van der Waals surface area contributed by atoms with E-state index in [4.69, 9.17) is 0 Å². The summed E-state index contributed by atoms with van der Waals surface area (Å²) in [7, 11) is -2.99. The normalized spacial score (nSPS) is 27.5. The molecule has 122 valence electrons. The van der Waals surface area contributed by atoms with Gasteiger partial charge in [0.1, 0.15) is 5.82 Å². The lowest BCUT2D eigenvalue weighted by Gasteiger charge is -2.19. The molecule has 0 radical (unpaired) electrons. The summed E-state index contributed by atoms with van der Waals surface area (Å²) in [5.41, 5.74) is 1.93. The van der Waals surface area contributed by atoms with Crippen molar-refractivity contribution in [2.75, 3.05) is 22.6 Å². The van der Waals surface area contributed by atoms with E-state index in [-0.39, 0.29) is 28.7 Å². The van der Waals surface area contributed by atoms with E-state index in [0.717, 1.165) is 11.3 Å². The fraction of sp³-hybridized carbons (Fsp3) is 0.714. The number of nitrogens with zero attached hydrogens (tertiary/aromatic N) is 2. The molecule has 0 spiro atoms. The van der Waals surface area contributed by atoms with Crippen molar-refractivity contribution in [3.8, 4) is 0 Å². The molecule has 6 nitrogen and oxygen atoms in total. The Bertz CT molecular complexity index is 709. The molecular weight excluding hydrogens is 322 g/mol. The number of aromatic nitrogens is 2. The van der Waals surface area contributed by atoms with Gasteiger partial charge in [-0.25, -0.2) is 13.1 Å². The smallest absolute Gasteiger partial charge is 0.235 e. The highest BCUT2D eigenvalue weighted by molar-refractivity contribution is 8.00. The maximum absolute atomic E-state index is 12.0. The summed E-state index contributed by atoms with van der Waals surface area (Å²) in [5.74, 6) is 1.75. The van der Waals surface area contributed by atoms with Crippen molar-refractivity contribution in [1.82, 2.24) is 9.78 Å². The van der Waals surface area contributed by atoms with Crippen molar-refractivity contribution < 1.29 is 13.2 Å².